The zero-order valence-corrected chi connectivity index (χ0v) is 22.6. The van der Waals surface area contributed by atoms with E-state index in [1.807, 2.05) is 42.2 Å². The third kappa shape index (κ3) is 5.37. The largest absolute Gasteiger partial charge is 0.477 e. The van der Waals surface area contributed by atoms with Crippen LogP contribution in [0, 0.1) is 0 Å². The fraction of sp³-hybridized carbons (Fsp3) is 0.276. The van der Waals surface area contributed by atoms with Gasteiger partial charge in [0.05, 0.1) is 17.9 Å². The van der Waals surface area contributed by atoms with Crippen molar-refractivity contribution in [2.45, 2.75) is 37.7 Å². The fourth-order valence-corrected chi connectivity index (χ4v) is 6.10. The Kier molecular flexibility index (Phi) is 7.38. The third-order valence-electron chi connectivity index (χ3n) is 6.73. The molecule has 2 aliphatic rings. The number of hydrogen-bond acceptors (Lipinski definition) is 6. The Morgan fingerprint density at radius 3 is 2.54 bits per heavy atom. The van der Waals surface area contributed by atoms with Gasteiger partial charge in [0.25, 0.3) is 21.8 Å². The van der Waals surface area contributed by atoms with Crippen molar-refractivity contribution in [2.75, 3.05) is 29.4 Å². The number of ether oxygens (including phenoxy) is 1. The van der Waals surface area contributed by atoms with Crippen LogP contribution in [0.2, 0.25) is 0 Å². The predicted molar refractivity (Wildman–Crippen MR) is 150 cm³/mol. The number of rotatable bonds is 7. The lowest BCUT2D eigenvalue weighted by Gasteiger charge is -2.34. The number of nitrogens with one attached hydrogen (secondary N) is 1. The normalized spacial score (nSPS) is 17.4. The van der Waals surface area contributed by atoms with Crippen molar-refractivity contribution in [3.8, 4) is 5.75 Å². The van der Waals surface area contributed by atoms with Crippen LogP contribution >= 0.6 is 0 Å². The zero-order valence-electron chi connectivity index (χ0n) is 21.8. The van der Waals surface area contributed by atoms with Gasteiger partial charge in [0.2, 0.25) is 0 Å². The van der Waals surface area contributed by atoms with E-state index in [2.05, 4.69) is 9.71 Å². The molecule has 2 heterocycles. The molecule has 0 saturated heterocycles. The molecule has 39 heavy (non-hydrogen) atoms. The molecule has 1 atom stereocenters. The standard InChI is InChI=1S/C29H30N4O5S/c1-3-17-32-20(2)31-39(36,37)27-18-22(13-14-24(27)32)29(35)33-19-26(38-25-12-8-7-11-23(25)33)28(34)30-16-15-21-9-5-4-6-10-21/h4-14,18,26H,3,15-17,19H2,1-2H3,(H,30,34)/t26-/m1/s1. The molecular formula is C29H30N4O5S. The number of fused-ring (bicyclic) bond motifs is 2. The molecule has 202 valence electrons. The van der Waals surface area contributed by atoms with E-state index >= 15 is 0 Å². The number of carbonyl (C=O) groups is 2. The molecule has 10 heteroatoms. The molecule has 0 aliphatic carbocycles. The van der Waals surface area contributed by atoms with Crippen LogP contribution in [-0.2, 0) is 21.2 Å². The Morgan fingerprint density at radius 1 is 1.03 bits per heavy atom. The summed E-state index contributed by atoms with van der Waals surface area (Å²) in [7, 11) is -3.96. The Balaban J connectivity index is 1.39. The predicted octanol–water partition coefficient (Wildman–Crippen LogP) is 3.79. The Bertz CT molecular complexity index is 1540. The van der Waals surface area contributed by atoms with Crippen LogP contribution in [0.4, 0.5) is 11.4 Å². The highest BCUT2D eigenvalue weighted by Crippen LogP contribution is 2.36. The number of benzene rings is 3. The summed E-state index contributed by atoms with van der Waals surface area (Å²) in [6.45, 7) is 4.66. The van der Waals surface area contributed by atoms with Gasteiger partial charge >= 0.3 is 0 Å². The molecule has 1 N–H and O–H groups in total. The first kappa shape index (κ1) is 26.4. The first-order chi connectivity index (χ1) is 18.8. The maximum Gasteiger partial charge on any atom is 0.286 e. The van der Waals surface area contributed by atoms with E-state index < -0.39 is 22.0 Å². The van der Waals surface area contributed by atoms with Crippen molar-refractivity contribution < 1.29 is 22.7 Å². The number of nitrogens with zero attached hydrogens (tertiary/aromatic N) is 3. The summed E-state index contributed by atoms with van der Waals surface area (Å²) < 4.78 is 35.7. The average molecular weight is 547 g/mol. The van der Waals surface area contributed by atoms with Gasteiger partial charge in [-0.25, -0.2) is 0 Å². The molecular weight excluding hydrogens is 516 g/mol. The van der Waals surface area contributed by atoms with Crippen molar-refractivity contribution in [1.82, 2.24) is 5.32 Å². The first-order valence-electron chi connectivity index (χ1n) is 12.9. The van der Waals surface area contributed by atoms with Gasteiger partial charge in [-0.3, -0.25) is 9.59 Å². The lowest BCUT2D eigenvalue weighted by molar-refractivity contribution is -0.127. The van der Waals surface area contributed by atoms with Crippen LogP contribution < -0.4 is 19.9 Å². The topological polar surface area (TPSA) is 108 Å². The number of amidine groups is 1. The highest BCUT2D eigenvalue weighted by atomic mass is 32.2. The van der Waals surface area contributed by atoms with Crippen LogP contribution in [0.15, 0.2) is 82.1 Å². The van der Waals surface area contributed by atoms with Crippen LogP contribution in [0.3, 0.4) is 0 Å². The molecule has 0 spiro atoms. The van der Waals surface area contributed by atoms with E-state index in [0.29, 0.717) is 42.5 Å². The van der Waals surface area contributed by atoms with Crippen molar-refractivity contribution in [1.29, 1.82) is 0 Å². The number of sulfonamides is 1. The van der Waals surface area contributed by atoms with E-state index in [1.54, 1.807) is 43.3 Å². The van der Waals surface area contributed by atoms with Gasteiger partial charge in [-0.2, -0.15) is 8.42 Å². The second-order valence-electron chi connectivity index (χ2n) is 9.46. The minimum atomic E-state index is -3.96. The number of para-hydroxylation sites is 2. The minimum Gasteiger partial charge on any atom is -0.477 e. The average Bonchev–Trinajstić information content (AvgIpc) is 2.94. The molecule has 0 unspecified atom stereocenters. The van der Waals surface area contributed by atoms with Gasteiger partial charge in [-0.1, -0.05) is 49.4 Å². The lowest BCUT2D eigenvalue weighted by atomic mass is 10.1. The molecule has 3 aromatic rings. The van der Waals surface area contributed by atoms with Crippen molar-refractivity contribution in [3.63, 3.8) is 0 Å². The number of carbonyl (C=O) groups excluding carboxylic acids is 2. The maximum atomic E-state index is 13.8. The second-order valence-corrected chi connectivity index (χ2v) is 11.0. The Morgan fingerprint density at radius 2 is 1.77 bits per heavy atom. The smallest absolute Gasteiger partial charge is 0.286 e. The molecule has 0 bridgehead atoms. The number of anilines is 2. The molecule has 9 nitrogen and oxygen atoms in total. The summed E-state index contributed by atoms with van der Waals surface area (Å²) in [5.74, 6) is 0.0392. The second kappa shape index (κ2) is 10.9. The molecule has 5 rings (SSSR count). The van der Waals surface area contributed by atoms with Crippen LogP contribution in [0.5, 0.6) is 5.75 Å². The minimum absolute atomic E-state index is 0.0100. The van der Waals surface area contributed by atoms with Crippen LogP contribution in [0.1, 0.15) is 36.2 Å². The maximum absolute atomic E-state index is 13.8. The highest BCUT2D eigenvalue weighted by Gasteiger charge is 2.35. The van der Waals surface area contributed by atoms with Gasteiger partial charge in [-0.05, 0) is 55.7 Å². The summed E-state index contributed by atoms with van der Waals surface area (Å²) in [6.07, 6.45) is 0.541. The summed E-state index contributed by atoms with van der Waals surface area (Å²) in [5, 5.41) is 2.90. The van der Waals surface area contributed by atoms with E-state index in [4.69, 9.17) is 4.74 Å². The Hall–Kier alpha value is -4.18. The van der Waals surface area contributed by atoms with E-state index in [9.17, 15) is 18.0 Å². The SMILES string of the molecule is CCCN1C(C)=NS(=O)(=O)c2cc(C(=O)N3C[C@H](C(=O)NCCc4ccccc4)Oc4ccccc43)ccc21. The molecule has 0 aromatic heterocycles. The van der Waals surface area contributed by atoms with Gasteiger partial charge in [0.15, 0.2) is 6.10 Å². The van der Waals surface area contributed by atoms with Gasteiger partial charge in [-0.15, -0.1) is 4.40 Å². The first-order valence-corrected chi connectivity index (χ1v) is 14.3. The fourth-order valence-electron chi connectivity index (χ4n) is 4.84. The van der Waals surface area contributed by atoms with Crippen LogP contribution in [-0.4, -0.2) is 51.8 Å². The number of amides is 2. The van der Waals surface area contributed by atoms with Crippen molar-refractivity contribution in [3.05, 3.63) is 83.9 Å². The molecule has 2 aliphatic heterocycles. The van der Waals surface area contributed by atoms with Gasteiger partial charge in [0, 0.05) is 18.7 Å². The van der Waals surface area contributed by atoms with E-state index in [-0.39, 0.29) is 22.9 Å². The molecule has 0 saturated carbocycles. The van der Waals surface area contributed by atoms with E-state index in [0.717, 1.165) is 12.0 Å². The van der Waals surface area contributed by atoms with Crippen molar-refractivity contribution in [2.24, 2.45) is 4.40 Å². The molecule has 0 fully saturated rings. The summed E-state index contributed by atoms with van der Waals surface area (Å²) in [6, 6.07) is 21.4. The van der Waals surface area contributed by atoms with E-state index in [1.165, 1.54) is 11.0 Å². The van der Waals surface area contributed by atoms with Crippen molar-refractivity contribution >= 4 is 39.0 Å². The third-order valence-corrected chi connectivity index (χ3v) is 8.12. The van der Waals surface area contributed by atoms with Gasteiger partial charge < -0.3 is 19.9 Å². The monoisotopic (exact) mass is 546 g/mol. The summed E-state index contributed by atoms with van der Waals surface area (Å²) in [5.41, 5.74) is 2.30. The molecule has 2 amide bonds. The number of hydrogen-bond donors (Lipinski definition) is 1. The van der Waals surface area contributed by atoms with Crippen LogP contribution in [0.25, 0.3) is 0 Å². The molecule has 0 radical (unpaired) electrons. The quantitative estimate of drug-likeness (QED) is 0.483. The summed E-state index contributed by atoms with van der Waals surface area (Å²) in [4.78, 5) is 30.1. The van der Waals surface area contributed by atoms with Gasteiger partial charge in [0.1, 0.15) is 16.5 Å². The summed E-state index contributed by atoms with van der Waals surface area (Å²) >= 11 is 0. The zero-order chi connectivity index (χ0) is 27.6. The molecule has 3 aromatic carbocycles. The lowest BCUT2D eigenvalue weighted by Crippen LogP contribution is -2.51. The highest BCUT2D eigenvalue weighted by molar-refractivity contribution is 7.90. The Labute approximate surface area is 228 Å².